The maximum atomic E-state index is 5.29. The Hall–Kier alpha value is -1.85. The molecule has 0 saturated heterocycles. The molecular weight excluding hydrogens is 172 g/mol. The van der Waals surface area contributed by atoms with E-state index < -0.39 is 0 Å². The highest BCUT2D eigenvalue weighted by molar-refractivity contribution is 5.79. The summed E-state index contributed by atoms with van der Waals surface area (Å²) in [5.74, 6) is 5.77. The summed E-state index contributed by atoms with van der Waals surface area (Å²) in [4.78, 5) is 4.29. The van der Waals surface area contributed by atoms with Crippen LogP contribution in [0.15, 0.2) is 36.5 Å². The van der Waals surface area contributed by atoms with Crippen LogP contribution in [-0.2, 0) is 0 Å². The lowest BCUT2D eigenvalue weighted by Crippen LogP contribution is -1.93. The van der Waals surface area contributed by atoms with Gasteiger partial charge in [0.25, 0.3) is 0 Å². The Kier molecular flexibility index (Phi) is 2.44. The van der Waals surface area contributed by atoms with Crippen molar-refractivity contribution in [1.82, 2.24) is 4.98 Å². The summed E-state index contributed by atoms with van der Waals surface area (Å²) in [6.07, 6.45) is 1.77. The van der Waals surface area contributed by atoms with Crippen molar-refractivity contribution in [2.45, 2.75) is 0 Å². The third kappa shape index (κ3) is 1.73. The van der Waals surface area contributed by atoms with Crippen molar-refractivity contribution in [3.63, 3.8) is 0 Å². The molecule has 1 aromatic carbocycles. The Morgan fingerprint density at radius 2 is 2.14 bits per heavy atom. The van der Waals surface area contributed by atoms with Gasteiger partial charge < -0.3 is 5.73 Å². The lowest BCUT2D eigenvalue weighted by Gasteiger charge is -1.95. The zero-order chi connectivity index (χ0) is 9.80. The third-order valence-electron chi connectivity index (χ3n) is 1.93. The van der Waals surface area contributed by atoms with Crippen LogP contribution in [0.4, 0.5) is 0 Å². The smallest absolute Gasteiger partial charge is 0.0702 e. The van der Waals surface area contributed by atoms with Gasteiger partial charge in [-0.05, 0) is 12.1 Å². The molecule has 1 heterocycles. The van der Waals surface area contributed by atoms with Crippen molar-refractivity contribution in [3.05, 3.63) is 42.1 Å². The van der Waals surface area contributed by atoms with Crippen LogP contribution in [0.2, 0.25) is 0 Å². The summed E-state index contributed by atoms with van der Waals surface area (Å²) in [5.41, 5.74) is 7.20. The Morgan fingerprint density at radius 1 is 1.29 bits per heavy atom. The lowest BCUT2D eigenvalue weighted by atomic mass is 10.2. The minimum absolute atomic E-state index is 0.382. The van der Waals surface area contributed by atoms with E-state index in [-0.39, 0.29) is 0 Å². The molecule has 0 bridgehead atoms. The highest BCUT2D eigenvalue weighted by Gasteiger charge is 1.93. The zero-order valence-electron chi connectivity index (χ0n) is 7.70. The molecule has 0 saturated carbocycles. The fourth-order valence-electron chi connectivity index (χ4n) is 1.29. The Balaban J connectivity index is 2.51. The first-order valence-electron chi connectivity index (χ1n) is 4.44. The quantitative estimate of drug-likeness (QED) is 0.628. The van der Waals surface area contributed by atoms with Gasteiger partial charge in [0.1, 0.15) is 0 Å². The van der Waals surface area contributed by atoms with Crippen molar-refractivity contribution in [2.24, 2.45) is 5.73 Å². The van der Waals surface area contributed by atoms with Crippen molar-refractivity contribution >= 4 is 10.9 Å². The predicted octanol–water partition coefficient (Wildman–Crippen LogP) is 1.55. The van der Waals surface area contributed by atoms with Crippen LogP contribution in [0.1, 0.15) is 5.56 Å². The van der Waals surface area contributed by atoms with Crippen LogP contribution >= 0.6 is 0 Å². The molecule has 2 heteroatoms. The number of nitrogens with zero attached hydrogens (tertiary/aromatic N) is 1. The number of fused-ring (bicyclic) bond motifs is 1. The SMILES string of the molecule is NCC#Cc1cnc2ccccc2c1. The number of hydrogen-bond acceptors (Lipinski definition) is 2. The monoisotopic (exact) mass is 182 g/mol. The minimum Gasteiger partial charge on any atom is -0.320 e. The number of para-hydroxylation sites is 1. The second kappa shape index (κ2) is 3.91. The second-order valence-corrected chi connectivity index (χ2v) is 2.92. The predicted molar refractivity (Wildman–Crippen MR) is 57.7 cm³/mol. The van der Waals surface area contributed by atoms with Gasteiger partial charge in [-0.3, -0.25) is 4.98 Å². The van der Waals surface area contributed by atoms with Crippen LogP contribution < -0.4 is 5.73 Å². The van der Waals surface area contributed by atoms with Gasteiger partial charge in [-0.25, -0.2) is 0 Å². The molecule has 0 fully saturated rings. The first-order chi connectivity index (χ1) is 6.90. The summed E-state index contributed by atoms with van der Waals surface area (Å²) in [6, 6.07) is 9.99. The molecule has 14 heavy (non-hydrogen) atoms. The van der Waals surface area contributed by atoms with Crippen LogP contribution in [0.3, 0.4) is 0 Å². The largest absolute Gasteiger partial charge is 0.320 e. The summed E-state index contributed by atoms with van der Waals surface area (Å²) < 4.78 is 0. The highest BCUT2D eigenvalue weighted by Crippen LogP contribution is 2.11. The fourth-order valence-corrected chi connectivity index (χ4v) is 1.29. The van der Waals surface area contributed by atoms with E-state index in [1.54, 1.807) is 6.20 Å². The normalized spacial score (nSPS) is 9.50. The van der Waals surface area contributed by atoms with E-state index in [9.17, 15) is 0 Å². The Bertz CT molecular complexity index is 506. The molecule has 2 rings (SSSR count). The summed E-state index contributed by atoms with van der Waals surface area (Å²) in [7, 11) is 0. The molecule has 68 valence electrons. The molecule has 0 amide bonds. The van der Waals surface area contributed by atoms with Crippen LogP contribution in [0.5, 0.6) is 0 Å². The molecule has 0 radical (unpaired) electrons. The summed E-state index contributed by atoms with van der Waals surface area (Å²) in [6.45, 7) is 0.382. The number of nitrogens with two attached hydrogens (primary N) is 1. The molecule has 0 spiro atoms. The van der Waals surface area contributed by atoms with Gasteiger partial charge in [0.2, 0.25) is 0 Å². The van der Waals surface area contributed by atoms with Gasteiger partial charge >= 0.3 is 0 Å². The Labute approximate surface area is 82.8 Å². The first-order valence-corrected chi connectivity index (χ1v) is 4.44. The topological polar surface area (TPSA) is 38.9 Å². The van der Waals surface area contributed by atoms with Gasteiger partial charge in [-0.15, -0.1) is 0 Å². The van der Waals surface area contributed by atoms with Gasteiger partial charge in [-0.2, -0.15) is 0 Å². The van der Waals surface area contributed by atoms with Gasteiger partial charge in [-0.1, -0.05) is 30.0 Å². The van der Waals surface area contributed by atoms with E-state index in [0.29, 0.717) is 6.54 Å². The van der Waals surface area contributed by atoms with Crippen molar-refractivity contribution in [1.29, 1.82) is 0 Å². The van der Waals surface area contributed by atoms with Crippen LogP contribution in [0.25, 0.3) is 10.9 Å². The second-order valence-electron chi connectivity index (χ2n) is 2.92. The van der Waals surface area contributed by atoms with Gasteiger partial charge in [0.15, 0.2) is 0 Å². The molecule has 0 aliphatic heterocycles. The maximum absolute atomic E-state index is 5.29. The molecule has 2 nitrogen and oxygen atoms in total. The van der Waals surface area contributed by atoms with Crippen molar-refractivity contribution in [3.8, 4) is 11.8 Å². The van der Waals surface area contributed by atoms with Crippen molar-refractivity contribution in [2.75, 3.05) is 6.54 Å². The molecule has 0 aliphatic carbocycles. The average molecular weight is 182 g/mol. The van der Waals surface area contributed by atoms with Gasteiger partial charge in [0, 0.05) is 17.1 Å². The number of aromatic nitrogens is 1. The molecule has 2 aromatic rings. The molecule has 0 unspecified atom stereocenters. The van der Waals surface area contributed by atoms with E-state index in [1.807, 2.05) is 30.3 Å². The molecular formula is C12H10N2. The standard InChI is InChI=1S/C12H10N2/c13-7-3-4-10-8-11-5-1-2-6-12(11)14-9-10/h1-2,5-6,8-9H,7,13H2. The highest BCUT2D eigenvalue weighted by atomic mass is 14.6. The van der Waals surface area contributed by atoms with E-state index in [0.717, 1.165) is 16.5 Å². The Morgan fingerprint density at radius 3 is 3.00 bits per heavy atom. The summed E-state index contributed by atoms with van der Waals surface area (Å²) in [5, 5.41) is 1.11. The molecule has 2 N–H and O–H groups in total. The molecule has 0 atom stereocenters. The minimum atomic E-state index is 0.382. The lowest BCUT2D eigenvalue weighted by molar-refractivity contribution is 1.30. The zero-order valence-corrected chi connectivity index (χ0v) is 7.70. The number of pyridine rings is 1. The molecule has 1 aromatic heterocycles. The van der Waals surface area contributed by atoms with Crippen molar-refractivity contribution < 1.29 is 0 Å². The number of rotatable bonds is 0. The fraction of sp³-hybridized carbons (Fsp3) is 0.0833. The first kappa shape index (κ1) is 8.74. The van der Waals surface area contributed by atoms with Crippen LogP contribution in [-0.4, -0.2) is 11.5 Å². The third-order valence-corrected chi connectivity index (χ3v) is 1.93. The average Bonchev–Trinajstić information content (AvgIpc) is 2.26. The van der Waals surface area contributed by atoms with Gasteiger partial charge in [0.05, 0.1) is 12.1 Å². The maximum Gasteiger partial charge on any atom is 0.0702 e. The van der Waals surface area contributed by atoms with E-state index in [4.69, 9.17) is 5.73 Å². The number of hydrogen-bond donors (Lipinski definition) is 1. The van der Waals surface area contributed by atoms with E-state index in [1.165, 1.54) is 0 Å². The van der Waals surface area contributed by atoms with E-state index >= 15 is 0 Å². The van der Waals surface area contributed by atoms with E-state index in [2.05, 4.69) is 16.8 Å². The molecule has 0 aliphatic rings. The van der Waals surface area contributed by atoms with Crippen LogP contribution in [0, 0.1) is 11.8 Å². The number of benzene rings is 1. The summed E-state index contributed by atoms with van der Waals surface area (Å²) >= 11 is 0.